The van der Waals surface area contributed by atoms with Crippen LogP contribution in [0, 0.1) is 0 Å². The molecule has 3 unspecified atom stereocenters. The second-order valence-corrected chi connectivity index (χ2v) is 8.75. The molecule has 4 heteroatoms. The number of allylic oxidation sites excluding steroid dienone is 4. The second-order valence-electron chi connectivity index (χ2n) is 8.75. The molecule has 2 aromatic rings. The van der Waals surface area contributed by atoms with Crippen LogP contribution in [0.2, 0.25) is 0 Å². The van der Waals surface area contributed by atoms with Gasteiger partial charge in [-0.25, -0.2) is 4.98 Å². The van der Waals surface area contributed by atoms with Crippen LogP contribution >= 0.6 is 0 Å². The summed E-state index contributed by atoms with van der Waals surface area (Å²) in [4.78, 5) is 9.73. The van der Waals surface area contributed by atoms with E-state index in [1.165, 1.54) is 35.1 Å². The Balaban J connectivity index is 1.59. The maximum absolute atomic E-state index is 10.5. The standard InChI is InChI=1S/C27H30N2O2/c1-2-15-31-26-17-24(28-27(29-26)22-13-7-8-14-25(22)30)23-16-18-9-3-4-10-19(18)20-11-5-6-12-21(20)23/h3-4,7-10,13-14,17,22-23,25,30H,2,5-6,11-12,15-16H2,1H3. The van der Waals surface area contributed by atoms with Crippen LogP contribution in [0.4, 0.5) is 0 Å². The molecule has 3 aliphatic carbocycles. The molecule has 0 saturated carbocycles. The molecule has 1 aromatic heterocycles. The first-order valence-corrected chi connectivity index (χ1v) is 11.6. The van der Waals surface area contributed by atoms with Crippen molar-refractivity contribution in [3.63, 3.8) is 0 Å². The summed E-state index contributed by atoms with van der Waals surface area (Å²) in [5.74, 6) is 1.27. The Labute approximate surface area is 184 Å². The van der Waals surface area contributed by atoms with Crippen molar-refractivity contribution in [1.82, 2.24) is 9.97 Å². The molecule has 0 bridgehead atoms. The molecule has 4 nitrogen and oxygen atoms in total. The van der Waals surface area contributed by atoms with E-state index in [4.69, 9.17) is 14.7 Å². The summed E-state index contributed by atoms with van der Waals surface area (Å²) in [6.07, 6.45) is 13.7. The Morgan fingerprint density at radius 3 is 2.77 bits per heavy atom. The van der Waals surface area contributed by atoms with Gasteiger partial charge in [0.2, 0.25) is 5.88 Å². The van der Waals surface area contributed by atoms with Gasteiger partial charge in [0.15, 0.2) is 0 Å². The van der Waals surface area contributed by atoms with Crippen molar-refractivity contribution in [2.75, 3.05) is 6.61 Å². The van der Waals surface area contributed by atoms with Crippen LogP contribution < -0.4 is 4.74 Å². The topological polar surface area (TPSA) is 55.2 Å². The predicted molar refractivity (Wildman–Crippen MR) is 123 cm³/mol. The Morgan fingerprint density at radius 1 is 1.06 bits per heavy atom. The molecule has 0 saturated heterocycles. The van der Waals surface area contributed by atoms with E-state index in [0.717, 1.165) is 31.4 Å². The van der Waals surface area contributed by atoms with Crippen molar-refractivity contribution in [1.29, 1.82) is 0 Å². The van der Waals surface area contributed by atoms with Crippen LogP contribution in [-0.4, -0.2) is 27.8 Å². The Morgan fingerprint density at radius 2 is 1.90 bits per heavy atom. The van der Waals surface area contributed by atoms with Crippen LogP contribution in [0.5, 0.6) is 5.88 Å². The highest BCUT2D eigenvalue weighted by Crippen LogP contribution is 2.46. The molecular weight excluding hydrogens is 384 g/mol. The van der Waals surface area contributed by atoms with Gasteiger partial charge in [0.25, 0.3) is 0 Å². The number of rotatable bonds is 5. The van der Waals surface area contributed by atoms with Crippen LogP contribution in [0.25, 0.3) is 5.57 Å². The van der Waals surface area contributed by atoms with Gasteiger partial charge in [-0.1, -0.05) is 61.1 Å². The van der Waals surface area contributed by atoms with Crippen molar-refractivity contribution in [3.8, 4) is 5.88 Å². The number of nitrogens with zero attached hydrogens (tertiary/aromatic N) is 2. The minimum Gasteiger partial charge on any atom is -0.478 e. The minimum atomic E-state index is -0.615. The highest BCUT2D eigenvalue weighted by atomic mass is 16.5. The van der Waals surface area contributed by atoms with Gasteiger partial charge in [0, 0.05) is 12.0 Å². The first kappa shape index (κ1) is 20.2. The molecule has 5 rings (SSSR count). The number of hydrogen-bond acceptors (Lipinski definition) is 4. The number of benzene rings is 1. The van der Waals surface area contributed by atoms with Crippen LogP contribution in [0.15, 0.2) is 60.2 Å². The molecule has 0 spiro atoms. The normalized spacial score (nSPS) is 24.6. The zero-order valence-corrected chi connectivity index (χ0v) is 18.1. The monoisotopic (exact) mass is 414 g/mol. The summed E-state index contributed by atoms with van der Waals surface area (Å²) < 4.78 is 5.97. The molecule has 31 heavy (non-hydrogen) atoms. The lowest BCUT2D eigenvalue weighted by molar-refractivity contribution is 0.201. The van der Waals surface area contributed by atoms with E-state index in [2.05, 4.69) is 31.2 Å². The van der Waals surface area contributed by atoms with Crippen molar-refractivity contribution in [2.24, 2.45) is 0 Å². The van der Waals surface area contributed by atoms with Gasteiger partial charge in [-0.05, 0) is 55.2 Å². The number of ether oxygens (including phenoxy) is 1. The molecule has 1 aromatic carbocycles. The Kier molecular flexibility index (Phi) is 5.73. The molecule has 1 N–H and O–H groups in total. The van der Waals surface area contributed by atoms with Gasteiger partial charge in [0.1, 0.15) is 5.82 Å². The third-order valence-electron chi connectivity index (χ3n) is 6.65. The first-order chi connectivity index (χ1) is 15.2. The molecule has 0 aliphatic heterocycles. The summed E-state index contributed by atoms with van der Waals surface area (Å²) in [6, 6.07) is 10.9. The molecule has 3 aliphatic rings. The van der Waals surface area contributed by atoms with Crippen LogP contribution in [0.3, 0.4) is 0 Å². The molecule has 1 heterocycles. The van der Waals surface area contributed by atoms with Crippen LogP contribution in [0.1, 0.15) is 73.5 Å². The lowest BCUT2D eigenvalue weighted by Crippen LogP contribution is -2.22. The molecule has 160 valence electrons. The lowest BCUT2D eigenvalue weighted by atomic mass is 9.72. The minimum absolute atomic E-state index is 0.246. The smallest absolute Gasteiger partial charge is 0.216 e. The van der Waals surface area contributed by atoms with Crippen molar-refractivity contribution >= 4 is 5.57 Å². The summed E-state index contributed by atoms with van der Waals surface area (Å²) in [5.41, 5.74) is 6.92. The second kappa shape index (κ2) is 8.80. The fraction of sp³-hybridized carbons (Fsp3) is 0.407. The SMILES string of the molecule is CCCOc1cc(C2Cc3ccccc3C3=C2CCCC3)nc(C2C=CC=CC2O)n1. The lowest BCUT2D eigenvalue weighted by Gasteiger charge is -2.34. The van der Waals surface area contributed by atoms with Gasteiger partial charge in [0.05, 0.1) is 24.3 Å². The Hall–Kier alpha value is -2.72. The van der Waals surface area contributed by atoms with E-state index in [9.17, 15) is 5.11 Å². The van der Waals surface area contributed by atoms with E-state index < -0.39 is 6.10 Å². The largest absolute Gasteiger partial charge is 0.478 e. The molecule has 0 fully saturated rings. The number of aromatic nitrogens is 2. The predicted octanol–water partition coefficient (Wildman–Crippen LogP) is 5.50. The molecular formula is C27H30N2O2. The summed E-state index contributed by atoms with van der Waals surface area (Å²) in [6.45, 7) is 2.72. The number of fused-ring (bicyclic) bond motifs is 2. The summed E-state index contributed by atoms with van der Waals surface area (Å²) in [5, 5.41) is 10.5. The van der Waals surface area contributed by atoms with E-state index in [1.54, 1.807) is 6.08 Å². The third kappa shape index (κ3) is 3.97. The van der Waals surface area contributed by atoms with Crippen LogP contribution in [-0.2, 0) is 6.42 Å². The summed E-state index contributed by atoms with van der Waals surface area (Å²) in [7, 11) is 0. The maximum Gasteiger partial charge on any atom is 0.216 e. The zero-order chi connectivity index (χ0) is 21.2. The van der Waals surface area contributed by atoms with Gasteiger partial charge in [-0.3, -0.25) is 0 Å². The average molecular weight is 415 g/mol. The molecule has 3 atom stereocenters. The van der Waals surface area contributed by atoms with Gasteiger partial charge < -0.3 is 9.84 Å². The zero-order valence-electron chi connectivity index (χ0n) is 18.1. The number of aliphatic hydroxyl groups excluding tert-OH is 1. The van der Waals surface area contributed by atoms with Gasteiger partial charge in [-0.15, -0.1) is 0 Å². The Bertz CT molecular complexity index is 1050. The number of hydrogen-bond donors (Lipinski definition) is 1. The highest BCUT2D eigenvalue weighted by Gasteiger charge is 2.32. The van der Waals surface area contributed by atoms with Gasteiger partial charge >= 0.3 is 0 Å². The number of aliphatic hydroxyl groups is 1. The molecule has 0 radical (unpaired) electrons. The van der Waals surface area contributed by atoms with Crippen molar-refractivity contribution < 1.29 is 9.84 Å². The first-order valence-electron chi connectivity index (χ1n) is 11.6. The van der Waals surface area contributed by atoms with Crippen molar-refractivity contribution in [3.05, 3.63) is 82.9 Å². The average Bonchev–Trinajstić information content (AvgIpc) is 2.82. The quantitative estimate of drug-likeness (QED) is 0.702. The summed E-state index contributed by atoms with van der Waals surface area (Å²) >= 11 is 0. The fourth-order valence-corrected chi connectivity index (χ4v) is 5.14. The van der Waals surface area contributed by atoms with Crippen molar-refractivity contribution in [2.45, 2.75) is 63.4 Å². The highest BCUT2D eigenvalue weighted by molar-refractivity contribution is 5.75. The van der Waals surface area contributed by atoms with E-state index in [1.807, 2.05) is 24.3 Å². The maximum atomic E-state index is 10.5. The molecule has 0 amide bonds. The third-order valence-corrected chi connectivity index (χ3v) is 6.65. The van der Waals surface area contributed by atoms with E-state index in [0.29, 0.717) is 18.3 Å². The fourth-order valence-electron chi connectivity index (χ4n) is 5.14. The van der Waals surface area contributed by atoms with E-state index >= 15 is 0 Å². The van der Waals surface area contributed by atoms with Gasteiger partial charge in [-0.2, -0.15) is 4.98 Å². The van der Waals surface area contributed by atoms with E-state index in [-0.39, 0.29) is 11.8 Å².